The lowest BCUT2D eigenvalue weighted by atomic mass is 9.75. The van der Waals surface area contributed by atoms with Gasteiger partial charge in [0.25, 0.3) is 0 Å². The zero-order valence-electron chi connectivity index (χ0n) is 14.6. The molecule has 0 spiro atoms. The predicted octanol–water partition coefficient (Wildman–Crippen LogP) is 4.14. The first-order valence-corrected chi connectivity index (χ1v) is 8.69. The fourth-order valence-corrected chi connectivity index (χ4v) is 3.54. The highest BCUT2D eigenvalue weighted by molar-refractivity contribution is 5.03. The summed E-state index contributed by atoms with van der Waals surface area (Å²) < 4.78 is 6.21. The van der Waals surface area contributed by atoms with E-state index >= 15 is 0 Å². The number of nitriles is 1. The van der Waals surface area contributed by atoms with Gasteiger partial charge in [0.2, 0.25) is 0 Å². The Hall–Kier alpha value is -0.590. The van der Waals surface area contributed by atoms with Crippen molar-refractivity contribution in [3.63, 3.8) is 0 Å². The molecule has 0 aromatic rings. The van der Waals surface area contributed by atoms with Crippen LogP contribution < -0.4 is 5.32 Å². The molecule has 3 heteroatoms. The van der Waals surface area contributed by atoms with Crippen molar-refractivity contribution in [1.29, 1.82) is 5.26 Å². The Morgan fingerprint density at radius 3 is 2.67 bits per heavy atom. The van der Waals surface area contributed by atoms with Crippen LogP contribution in [0.4, 0.5) is 0 Å². The number of nitrogens with zero attached hydrogens (tertiary/aromatic N) is 1. The maximum Gasteiger partial charge on any atom is 0.104 e. The fourth-order valence-electron chi connectivity index (χ4n) is 3.54. The Bertz CT molecular complexity index is 337. The van der Waals surface area contributed by atoms with Crippen LogP contribution in [0.3, 0.4) is 0 Å². The third-order valence-corrected chi connectivity index (χ3v) is 4.93. The Labute approximate surface area is 131 Å². The van der Waals surface area contributed by atoms with Crippen molar-refractivity contribution in [2.24, 2.45) is 17.8 Å². The van der Waals surface area contributed by atoms with Gasteiger partial charge in [-0.1, -0.05) is 34.1 Å². The quantitative estimate of drug-likeness (QED) is 0.684. The molecule has 0 heterocycles. The van der Waals surface area contributed by atoms with Crippen LogP contribution >= 0.6 is 0 Å². The first-order valence-electron chi connectivity index (χ1n) is 8.69. The second kappa shape index (κ2) is 8.76. The maximum atomic E-state index is 9.26. The Morgan fingerprint density at radius 2 is 2.10 bits per heavy atom. The largest absolute Gasteiger partial charge is 0.378 e. The van der Waals surface area contributed by atoms with Crippen molar-refractivity contribution >= 4 is 0 Å². The molecule has 1 fully saturated rings. The van der Waals surface area contributed by atoms with E-state index in [1.807, 2.05) is 13.8 Å². The SMILES string of the molecule is CCNC(C)(C#N)CCCOC1CC(C)CCC1C(C)C. The Kier molecular flexibility index (Phi) is 7.70. The van der Waals surface area contributed by atoms with Crippen LogP contribution in [0.2, 0.25) is 0 Å². The molecule has 1 saturated carbocycles. The number of hydrogen-bond donors (Lipinski definition) is 1. The smallest absolute Gasteiger partial charge is 0.104 e. The number of ether oxygens (including phenoxy) is 1. The molecular formula is C18H34N2O. The van der Waals surface area contributed by atoms with E-state index in [1.54, 1.807) is 0 Å². The summed E-state index contributed by atoms with van der Waals surface area (Å²) in [4.78, 5) is 0. The van der Waals surface area contributed by atoms with Crippen molar-refractivity contribution in [2.45, 2.75) is 78.4 Å². The van der Waals surface area contributed by atoms with Gasteiger partial charge < -0.3 is 4.74 Å². The van der Waals surface area contributed by atoms with Crippen molar-refractivity contribution in [2.75, 3.05) is 13.2 Å². The van der Waals surface area contributed by atoms with Crippen LogP contribution in [0.25, 0.3) is 0 Å². The van der Waals surface area contributed by atoms with E-state index in [4.69, 9.17) is 4.74 Å². The molecule has 21 heavy (non-hydrogen) atoms. The van der Waals surface area contributed by atoms with Gasteiger partial charge in [-0.25, -0.2) is 0 Å². The van der Waals surface area contributed by atoms with E-state index in [1.165, 1.54) is 19.3 Å². The lowest BCUT2D eigenvalue weighted by Gasteiger charge is -2.37. The minimum absolute atomic E-state index is 0.407. The van der Waals surface area contributed by atoms with Gasteiger partial charge >= 0.3 is 0 Å². The number of rotatable bonds is 8. The molecule has 0 bridgehead atoms. The summed E-state index contributed by atoms with van der Waals surface area (Å²) in [7, 11) is 0. The number of hydrogen-bond acceptors (Lipinski definition) is 3. The van der Waals surface area contributed by atoms with Gasteiger partial charge in [0, 0.05) is 6.61 Å². The van der Waals surface area contributed by atoms with Crippen LogP contribution in [0.5, 0.6) is 0 Å². The molecular weight excluding hydrogens is 260 g/mol. The zero-order chi connectivity index (χ0) is 15.9. The monoisotopic (exact) mass is 294 g/mol. The number of nitrogens with one attached hydrogen (secondary N) is 1. The van der Waals surface area contributed by atoms with Gasteiger partial charge in [-0.15, -0.1) is 0 Å². The van der Waals surface area contributed by atoms with E-state index in [9.17, 15) is 5.26 Å². The molecule has 1 N–H and O–H groups in total. The molecule has 0 radical (unpaired) electrons. The van der Waals surface area contributed by atoms with Gasteiger partial charge in [-0.3, -0.25) is 5.32 Å². The summed E-state index contributed by atoms with van der Waals surface area (Å²) >= 11 is 0. The topological polar surface area (TPSA) is 45.0 Å². The lowest BCUT2D eigenvalue weighted by Crippen LogP contribution is -2.41. The van der Waals surface area contributed by atoms with Crippen LogP contribution in [-0.4, -0.2) is 24.8 Å². The molecule has 0 saturated heterocycles. The Balaban J connectivity index is 2.37. The fraction of sp³-hybridized carbons (Fsp3) is 0.944. The first kappa shape index (κ1) is 18.5. The van der Waals surface area contributed by atoms with Crippen molar-refractivity contribution in [3.05, 3.63) is 0 Å². The van der Waals surface area contributed by atoms with Crippen LogP contribution in [0, 0.1) is 29.1 Å². The van der Waals surface area contributed by atoms with Crippen LogP contribution in [0.15, 0.2) is 0 Å². The van der Waals surface area contributed by atoms with Gasteiger partial charge in [0.15, 0.2) is 0 Å². The summed E-state index contributed by atoms with van der Waals surface area (Å²) in [5, 5.41) is 12.5. The predicted molar refractivity (Wildman–Crippen MR) is 88.0 cm³/mol. The highest BCUT2D eigenvalue weighted by atomic mass is 16.5. The molecule has 1 aliphatic rings. The standard InChI is InChI=1S/C18H34N2O/c1-6-20-18(5,13-19)10-7-11-21-17-12-15(4)8-9-16(17)14(2)3/h14-17,20H,6-12H2,1-5H3. The summed E-state index contributed by atoms with van der Waals surface area (Å²) in [6, 6.07) is 2.39. The average Bonchev–Trinajstić information content (AvgIpc) is 2.44. The van der Waals surface area contributed by atoms with E-state index in [-0.39, 0.29) is 0 Å². The molecule has 122 valence electrons. The van der Waals surface area contributed by atoms with Crippen molar-refractivity contribution in [1.82, 2.24) is 5.32 Å². The summed E-state index contributed by atoms with van der Waals surface area (Å²) in [6.45, 7) is 12.6. The van der Waals surface area contributed by atoms with E-state index in [2.05, 4.69) is 32.2 Å². The second-order valence-electron chi connectivity index (χ2n) is 7.31. The minimum Gasteiger partial charge on any atom is -0.378 e. The summed E-state index contributed by atoms with van der Waals surface area (Å²) in [6.07, 6.45) is 6.07. The van der Waals surface area contributed by atoms with Crippen LogP contribution in [-0.2, 0) is 4.74 Å². The molecule has 0 aromatic carbocycles. The van der Waals surface area contributed by atoms with Gasteiger partial charge in [-0.2, -0.15) is 5.26 Å². The van der Waals surface area contributed by atoms with E-state index < -0.39 is 5.54 Å². The van der Waals surface area contributed by atoms with Crippen molar-refractivity contribution < 1.29 is 4.74 Å². The van der Waals surface area contributed by atoms with Gasteiger partial charge in [0.1, 0.15) is 5.54 Å². The highest BCUT2D eigenvalue weighted by Crippen LogP contribution is 2.35. The van der Waals surface area contributed by atoms with Gasteiger partial charge in [-0.05, 0) is 56.9 Å². The van der Waals surface area contributed by atoms with Gasteiger partial charge in [0.05, 0.1) is 12.2 Å². The third kappa shape index (κ3) is 5.96. The highest BCUT2D eigenvalue weighted by Gasteiger charge is 2.31. The average molecular weight is 294 g/mol. The molecule has 4 unspecified atom stereocenters. The lowest BCUT2D eigenvalue weighted by molar-refractivity contribution is -0.0401. The third-order valence-electron chi connectivity index (χ3n) is 4.93. The van der Waals surface area contributed by atoms with Crippen LogP contribution in [0.1, 0.15) is 66.7 Å². The normalized spacial score (nSPS) is 29.1. The molecule has 4 atom stereocenters. The van der Waals surface area contributed by atoms with E-state index in [0.717, 1.165) is 31.9 Å². The minimum atomic E-state index is -0.407. The van der Waals surface area contributed by atoms with Crippen molar-refractivity contribution in [3.8, 4) is 6.07 Å². The molecule has 1 aliphatic carbocycles. The molecule has 0 amide bonds. The summed E-state index contributed by atoms with van der Waals surface area (Å²) in [5.74, 6) is 2.20. The molecule has 1 rings (SSSR count). The molecule has 0 aliphatic heterocycles. The first-order chi connectivity index (χ1) is 9.91. The second-order valence-corrected chi connectivity index (χ2v) is 7.31. The maximum absolute atomic E-state index is 9.26. The Morgan fingerprint density at radius 1 is 1.38 bits per heavy atom. The zero-order valence-corrected chi connectivity index (χ0v) is 14.6. The molecule has 3 nitrogen and oxygen atoms in total. The summed E-state index contributed by atoms with van der Waals surface area (Å²) in [5.41, 5.74) is -0.407. The van der Waals surface area contributed by atoms with E-state index in [0.29, 0.717) is 17.9 Å². The molecule has 0 aromatic heterocycles.